The molecule has 2 aromatic rings. The monoisotopic (exact) mass is 402 g/mol. The number of thioether (sulfide) groups is 1. The first-order valence-electron chi connectivity index (χ1n) is 9.81. The van der Waals surface area contributed by atoms with Crippen molar-refractivity contribution in [1.82, 2.24) is 20.4 Å². The molecule has 4 rings (SSSR count). The molecule has 1 aliphatic carbocycles. The minimum absolute atomic E-state index is 0.0322. The minimum atomic E-state index is 0.0322. The van der Waals surface area contributed by atoms with Gasteiger partial charge in [-0.1, -0.05) is 23.9 Å². The van der Waals surface area contributed by atoms with Crippen LogP contribution in [0, 0.1) is 0 Å². The number of benzene rings is 1. The molecule has 1 aliphatic heterocycles. The summed E-state index contributed by atoms with van der Waals surface area (Å²) in [7, 11) is 1.64. The van der Waals surface area contributed by atoms with Crippen molar-refractivity contribution in [1.29, 1.82) is 0 Å². The van der Waals surface area contributed by atoms with Gasteiger partial charge in [-0.15, -0.1) is 10.2 Å². The summed E-state index contributed by atoms with van der Waals surface area (Å²) in [5.41, 5.74) is 1.07. The van der Waals surface area contributed by atoms with Gasteiger partial charge in [0.25, 0.3) is 5.22 Å². The van der Waals surface area contributed by atoms with Crippen molar-refractivity contribution in [2.75, 3.05) is 26.0 Å². The van der Waals surface area contributed by atoms with E-state index in [0.717, 1.165) is 43.3 Å². The molecule has 0 radical (unpaired) electrons. The normalized spacial score (nSPS) is 18.2. The Bertz CT molecular complexity index is 783. The Morgan fingerprint density at radius 3 is 2.64 bits per heavy atom. The van der Waals surface area contributed by atoms with Crippen LogP contribution in [0.25, 0.3) is 0 Å². The summed E-state index contributed by atoms with van der Waals surface area (Å²) in [6, 6.07) is 8.85. The molecule has 1 saturated carbocycles. The Labute approximate surface area is 169 Å². The maximum Gasteiger partial charge on any atom is 0.277 e. The summed E-state index contributed by atoms with van der Waals surface area (Å²) in [6.07, 6.45) is 5.33. The van der Waals surface area contributed by atoms with E-state index < -0.39 is 0 Å². The highest BCUT2D eigenvalue weighted by Crippen LogP contribution is 2.29. The van der Waals surface area contributed by atoms with Crippen molar-refractivity contribution in [3.63, 3.8) is 0 Å². The first kappa shape index (κ1) is 19.3. The number of hydrogen-bond acceptors (Lipinski definition) is 7. The van der Waals surface area contributed by atoms with Crippen LogP contribution in [0.4, 0.5) is 0 Å². The summed E-state index contributed by atoms with van der Waals surface area (Å²) in [4.78, 5) is 14.8. The van der Waals surface area contributed by atoms with E-state index in [0.29, 0.717) is 23.3 Å². The van der Waals surface area contributed by atoms with Gasteiger partial charge >= 0.3 is 0 Å². The summed E-state index contributed by atoms with van der Waals surface area (Å²) in [6.45, 7) is 2.20. The Balaban J connectivity index is 1.19. The maximum absolute atomic E-state index is 12.2. The molecule has 0 unspecified atom stereocenters. The average Bonchev–Trinajstić information content (AvgIpc) is 3.48. The largest absolute Gasteiger partial charge is 0.497 e. The van der Waals surface area contributed by atoms with Crippen LogP contribution in [0.5, 0.6) is 5.75 Å². The van der Waals surface area contributed by atoms with E-state index in [-0.39, 0.29) is 11.9 Å². The van der Waals surface area contributed by atoms with Crippen LogP contribution in [-0.2, 0) is 11.2 Å². The van der Waals surface area contributed by atoms with E-state index in [1.807, 2.05) is 24.3 Å². The van der Waals surface area contributed by atoms with Crippen molar-refractivity contribution in [2.45, 2.75) is 49.4 Å². The molecule has 8 heteroatoms. The SMILES string of the molecule is COc1ccc(Cc2nnc(SCC(=O)NC3CCN(C4CC4)CC3)o2)cc1. The van der Waals surface area contributed by atoms with Crippen molar-refractivity contribution in [3.05, 3.63) is 35.7 Å². The van der Waals surface area contributed by atoms with Crippen LogP contribution in [-0.4, -0.2) is 59.0 Å². The smallest absolute Gasteiger partial charge is 0.277 e. The highest BCUT2D eigenvalue weighted by Gasteiger charge is 2.32. The Kier molecular flexibility index (Phi) is 6.17. The topological polar surface area (TPSA) is 80.5 Å². The molecule has 0 bridgehead atoms. The standard InChI is InChI=1S/C20H26N4O3S/c1-26-17-6-2-14(3-7-17)12-19-22-23-20(27-19)28-13-18(25)21-15-8-10-24(11-9-15)16-4-5-16/h2-3,6-7,15-16H,4-5,8-13H2,1H3,(H,21,25). The van der Waals surface area contributed by atoms with Crippen molar-refractivity contribution >= 4 is 17.7 Å². The molecule has 28 heavy (non-hydrogen) atoms. The lowest BCUT2D eigenvalue weighted by Gasteiger charge is -2.32. The Hall–Kier alpha value is -2.06. The van der Waals surface area contributed by atoms with Crippen LogP contribution >= 0.6 is 11.8 Å². The van der Waals surface area contributed by atoms with Gasteiger partial charge in [0.05, 0.1) is 19.3 Å². The predicted octanol–water partition coefficient (Wildman–Crippen LogP) is 2.50. The van der Waals surface area contributed by atoms with Gasteiger partial charge in [-0.2, -0.15) is 0 Å². The molecular formula is C20H26N4O3S. The molecule has 1 N–H and O–H groups in total. The quantitative estimate of drug-likeness (QED) is 0.680. The second kappa shape index (κ2) is 8.96. The van der Waals surface area contributed by atoms with Gasteiger partial charge in [0.2, 0.25) is 11.8 Å². The number of aromatic nitrogens is 2. The first-order chi connectivity index (χ1) is 13.7. The van der Waals surface area contributed by atoms with Gasteiger partial charge in [-0.05, 0) is 43.4 Å². The average molecular weight is 403 g/mol. The molecule has 1 aromatic heterocycles. The maximum atomic E-state index is 12.2. The lowest BCUT2D eigenvalue weighted by molar-refractivity contribution is -0.119. The van der Waals surface area contributed by atoms with Gasteiger partial charge < -0.3 is 19.4 Å². The van der Waals surface area contributed by atoms with Crippen LogP contribution in [0.3, 0.4) is 0 Å². The molecule has 150 valence electrons. The number of carbonyl (C=O) groups is 1. The van der Waals surface area contributed by atoms with Gasteiger partial charge in [-0.3, -0.25) is 4.79 Å². The molecule has 0 atom stereocenters. The summed E-state index contributed by atoms with van der Waals surface area (Å²) < 4.78 is 10.8. The van der Waals surface area contributed by atoms with E-state index in [2.05, 4.69) is 20.4 Å². The second-order valence-corrected chi connectivity index (χ2v) is 8.31. The van der Waals surface area contributed by atoms with Crippen LogP contribution in [0.2, 0.25) is 0 Å². The number of hydrogen-bond donors (Lipinski definition) is 1. The molecule has 0 spiro atoms. The number of nitrogens with zero attached hydrogens (tertiary/aromatic N) is 3. The number of nitrogens with one attached hydrogen (secondary N) is 1. The zero-order valence-electron chi connectivity index (χ0n) is 16.1. The molecule has 7 nitrogen and oxygen atoms in total. The predicted molar refractivity (Wildman–Crippen MR) is 107 cm³/mol. The third kappa shape index (κ3) is 5.26. The van der Waals surface area contributed by atoms with Crippen LogP contribution in [0.1, 0.15) is 37.1 Å². The molecule has 1 amide bonds. The lowest BCUT2D eigenvalue weighted by Crippen LogP contribution is -2.45. The fourth-order valence-electron chi connectivity index (χ4n) is 3.53. The van der Waals surface area contributed by atoms with E-state index in [4.69, 9.17) is 9.15 Å². The van der Waals surface area contributed by atoms with Crippen molar-refractivity contribution < 1.29 is 13.9 Å². The van der Waals surface area contributed by atoms with Gasteiger partial charge in [0, 0.05) is 25.2 Å². The Morgan fingerprint density at radius 1 is 1.21 bits per heavy atom. The molecular weight excluding hydrogens is 376 g/mol. The second-order valence-electron chi connectivity index (χ2n) is 7.38. The minimum Gasteiger partial charge on any atom is -0.497 e. The van der Waals surface area contributed by atoms with E-state index in [9.17, 15) is 4.79 Å². The highest BCUT2D eigenvalue weighted by atomic mass is 32.2. The number of rotatable bonds is 8. The number of ether oxygens (including phenoxy) is 1. The van der Waals surface area contributed by atoms with Gasteiger partial charge in [0.15, 0.2) is 0 Å². The van der Waals surface area contributed by atoms with Crippen molar-refractivity contribution in [3.8, 4) is 5.75 Å². The molecule has 2 fully saturated rings. The summed E-state index contributed by atoms with van der Waals surface area (Å²) in [5.74, 6) is 1.69. The molecule has 2 aliphatic rings. The van der Waals surface area contributed by atoms with E-state index in [1.54, 1.807) is 7.11 Å². The number of amides is 1. The zero-order chi connectivity index (χ0) is 19.3. The van der Waals surface area contributed by atoms with Gasteiger partial charge in [-0.25, -0.2) is 0 Å². The summed E-state index contributed by atoms with van der Waals surface area (Å²) in [5, 5.41) is 11.7. The third-order valence-corrected chi connectivity index (χ3v) is 6.07. The molecule has 2 heterocycles. The van der Waals surface area contributed by atoms with Crippen molar-refractivity contribution in [2.24, 2.45) is 0 Å². The fraction of sp³-hybridized carbons (Fsp3) is 0.550. The van der Waals surface area contributed by atoms with Crippen LogP contribution < -0.4 is 10.1 Å². The zero-order valence-corrected chi connectivity index (χ0v) is 16.9. The highest BCUT2D eigenvalue weighted by molar-refractivity contribution is 7.99. The fourth-order valence-corrected chi connectivity index (χ4v) is 4.12. The lowest BCUT2D eigenvalue weighted by atomic mass is 10.1. The first-order valence-corrected chi connectivity index (χ1v) is 10.8. The van der Waals surface area contributed by atoms with E-state index >= 15 is 0 Å². The van der Waals surface area contributed by atoms with E-state index in [1.165, 1.54) is 24.6 Å². The molecule has 1 aromatic carbocycles. The third-order valence-electron chi connectivity index (χ3n) is 5.25. The van der Waals surface area contributed by atoms with Gasteiger partial charge in [0.1, 0.15) is 5.75 Å². The van der Waals surface area contributed by atoms with Crippen LogP contribution in [0.15, 0.2) is 33.9 Å². The number of carbonyl (C=O) groups excluding carboxylic acids is 1. The number of piperidine rings is 1. The summed E-state index contributed by atoms with van der Waals surface area (Å²) >= 11 is 1.29. The molecule has 1 saturated heterocycles. The number of methoxy groups -OCH3 is 1. The number of likely N-dealkylation sites (tertiary alicyclic amines) is 1. The Morgan fingerprint density at radius 2 is 1.96 bits per heavy atom.